The molecule has 37 heavy (non-hydrogen) atoms. The Balaban J connectivity index is 1.27. The number of imidazole rings is 1. The smallest absolute Gasteiger partial charge is 0.257 e. The minimum absolute atomic E-state index is 0.288. The maximum absolute atomic E-state index is 13.4. The molecule has 1 saturated heterocycles. The van der Waals surface area contributed by atoms with Gasteiger partial charge in [0.05, 0.1) is 28.8 Å². The molecule has 1 amide bonds. The predicted octanol–water partition coefficient (Wildman–Crippen LogP) is 3.26. The van der Waals surface area contributed by atoms with Gasteiger partial charge in [0.2, 0.25) is 0 Å². The monoisotopic (exact) mass is 518 g/mol. The van der Waals surface area contributed by atoms with E-state index in [0.29, 0.717) is 34.1 Å². The lowest BCUT2D eigenvalue weighted by Crippen LogP contribution is -2.43. The van der Waals surface area contributed by atoms with Gasteiger partial charge in [-0.25, -0.2) is 9.19 Å². The highest BCUT2D eigenvalue weighted by Gasteiger charge is 2.28. The first-order valence-electron chi connectivity index (χ1n) is 12.6. The molecule has 0 radical (unpaired) electrons. The lowest BCUT2D eigenvalue weighted by Gasteiger charge is -2.34. The molecule has 6 rings (SSSR count). The van der Waals surface area contributed by atoms with Crippen molar-refractivity contribution < 1.29 is 9.00 Å². The fraction of sp³-hybridized carbons (Fsp3) is 0.385. The largest absolute Gasteiger partial charge is 0.371 e. The van der Waals surface area contributed by atoms with E-state index in [0.717, 1.165) is 48.7 Å². The zero-order valence-electron chi connectivity index (χ0n) is 20.9. The average Bonchev–Trinajstić information content (AvgIpc) is 3.61. The number of pyridine rings is 1. The molecule has 2 aliphatic rings. The van der Waals surface area contributed by atoms with Crippen LogP contribution in [0.2, 0.25) is 0 Å². The number of aryl methyl sites for hydroxylation is 1. The normalized spacial score (nSPS) is 17.3. The second-order valence-corrected chi connectivity index (χ2v) is 11.0. The Morgan fingerprint density at radius 2 is 1.86 bits per heavy atom. The lowest BCUT2D eigenvalue weighted by molar-refractivity contribution is 0.102. The molecule has 0 bridgehead atoms. The summed E-state index contributed by atoms with van der Waals surface area (Å²) in [5, 5.41) is 16.1. The molecule has 1 aromatic carbocycles. The number of rotatable bonds is 7. The third kappa shape index (κ3) is 5.01. The molecule has 4 aromatic rings. The average molecular weight is 519 g/mol. The number of fused-ring (bicyclic) bond motifs is 2. The number of amides is 1. The second kappa shape index (κ2) is 9.71. The summed E-state index contributed by atoms with van der Waals surface area (Å²) < 4.78 is 16.6. The van der Waals surface area contributed by atoms with Crippen molar-refractivity contribution in [2.45, 2.75) is 44.7 Å². The molecule has 1 unspecified atom stereocenters. The van der Waals surface area contributed by atoms with E-state index < -0.39 is 11.0 Å². The van der Waals surface area contributed by atoms with Gasteiger partial charge in [0.1, 0.15) is 16.5 Å². The van der Waals surface area contributed by atoms with Crippen molar-refractivity contribution in [1.29, 1.82) is 0 Å². The molecular formula is C26H30N8O2S. The van der Waals surface area contributed by atoms with Gasteiger partial charge in [-0.2, -0.15) is 5.10 Å². The Morgan fingerprint density at radius 3 is 2.62 bits per heavy atom. The van der Waals surface area contributed by atoms with E-state index in [9.17, 15) is 9.00 Å². The number of nitrogens with one attached hydrogen (secondary N) is 3. The van der Waals surface area contributed by atoms with Gasteiger partial charge in [-0.3, -0.25) is 4.79 Å². The summed E-state index contributed by atoms with van der Waals surface area (Å²) in [4.78, 5) is 20.3. The van der Waals surface area contributed by atoms with Gasteiger partial charge in [0.25, 0.3) is 5.91 Å². The summed E-state index contributed by atoms with van der Waals surface area (Å²) in [6, 6.07) is 8.82. The van der Waals surface area contributed by atoms with Crippen molar-refractivity contribution in [3.05, 3.63) is 54.1 Å². The van der Waals surface area contributed by atoms with Crippen molar-refractivity contribution in [2.75, 3.05) is 34.3 Å². The molecule has 3 aromatic heterocycles. The zero-order chi connectivity index (χ0) is 25.5. The molecule has 1 atom stereocenters. The van der Waals surface area contributed by atoms with Gasteiger partial charge >= 0.3 is 0 Å². The van der Waals surface area contributed by atoms with Gasteiger partial charge in [-0.05, 0) is 56.9 Å². The van der Waals surface area contributed by atoms with Crippen LogP contribution in [-0.4, -0.2) is 61.1 Å². The van der Waals surface area contributed by atoms with Crippen LogP contribution < -0.4 is 20.3 Å². The van der Waals surface area contributed by atoms with Gasteiger partial charge in [-0.15, -0.1) is 5.10 Å². The van der Waals surface area contributed by atoms with Crippen LogP contribution in [0.5, 0.6) is 0 Å². The van der Waals surface area contributed by atoms with Gasteiger partial charge < -0.3 is 24.7 Å². The minimum Gasteiger partial charge on any atom is -0.371 e. The molecule has 10 nitrogen and oxygen atoms in total. The van der Waals surface area contributed by atoms with Crippen LogP contribution in [0.25, 0.3) is 16.6 Å². The van der Waals surface area contributed by atoms with Crippen LogP contribution in [0, 0.1) is 6.92 Å². The standard InChI is InChI=1S/C26H30N8O2S/c1-16-14-34-15-19(13-22(25(34)28-16)32-37(2)36)30-26(35)21-5-6-23(20-7-10-27-31-24(20)21)33-11-8-18(9-12-33)29-17-3-4-17/h5-7,10,13-15,17-18,29,32H,3-4,8-9,11-12H2,1-2H3,(H,30,35). The number of hydrogen-bond donors (Lipinski definition) is 3. The van der Waals surface area contributed by atoms with E-state index in [1.807, 2.05) is 35.7 Å². The molecule has 1 saturated carbocycles. The predicted molar refractivity (Wildman–Crippen MR) is 147 cm³/mol. The van der Waals surface area contributed by atoms with Crippen LogP contribution in [0.3, 0.4) is 0 Å². The molecule has 3 N–H and O–H groups in total. The Morgan fingerprint density at radius 1 is 1.08 bits per heavy atom. The number of benzene rings is 1. The highest BCUT2D eigenvalue weighted by atomic mass is 32.2. The minimum atomic E-state index is -1.29. The summed E-state index contributed by atoms with van der Waals surface area (Å²) in [6.45, 7) is 3.81. The van der Waals surface area contributed by atoms with Crippen LogP contribution >= 0.6 is 0 Å². The van der Waals surface area contributed by atoms with Crippen LogP contribution in [0.15, 0.2) is 42.9 Å². The van der Waals surface area contributed by atoms with Gasteiger partial charge in [0, 0.05) is 54.9 Å². The lowest BCUT2D eigenvalue weighted by atomic mass is 10.0. The summed E-state index contributed by atoms with van der Waals surface area (Å²) in [5.41, 5.74) is 4.69. The molecule has 4 heterocycles. The van der Waals surface area contributed by atoms with Crippen molar-refractivity contribution in [3.8, 4) is 0 Å². The van der Waals surface area contributed by atoms with Crippen LogP contribution in [0.4, 0.5) is 17.1 Å². The summed E-state index contributed by atoms with van der Waals surface area (Å²) in [7, 11) is -1.29. The number of hydrogen-bond acceptors (Lipinski definition) is 7. The fourth-order valence-electron chi connectivity index (χ4n) is 5.12. The molecule has 2 fully saturated rings. The highest BCUT2D eigenvalue weighted by Crippen LogP contribution is 2.31. The van der Waals surface area contributed by atoms with Gasteiger partial charge in [0.15, 0.2) is 5.65 Å². The summed E-state index contributed by atoms with van der Waals surface area (Å²) in [5.74, 6) is -0.288. The van der Waals surface area contributed by atoms with Crippen molar-refractivity contribution in [1.82, 2.24) is 24.9 Å². The Labute approximate surface area is 217 Å². The second-order valence-electron chi connectivity index (χ2n) is 9.89. The molecule has 1 aliphatic heterocycles. The third-order valence-electron chi connectivity index (χ3n) is 6.97. The van der Waals surface area contributed by atoms with E-state index in [-0.39, 0.29) is 5.91 Å². The first-order valence-corrected chi connectivity index (χ1v) is 14.2. The van der Waals surface area contributed by atoms with E-state index in [2.05, 4.69) is 35.4 Å². The van der Waals surface area contributed by atoms with Crippen molar-refractivity contribution >= 4 is 50.5 Å². The number of piperidine rings is 1. The zero-order valence-corrected chi connectivity index (χ0v) is 21.7. The Kier molecular flexibility index (Phi) is 6.25. The number of anilines is 3. The Bertz CT molecular complexity index is 1510. The molecule has 1 aliphatic carbocycles. The van der Waals surface area contributed by atoms with Gasteiger partial charge in [-0.1, -0.05) is 0 Å². The summed E-state index contributed by atoms with van der Waals surface area (Å²) in [6.07, 6.45) is 11.7. The van der Waals surface area contributed by atoms with E-state index in [1.165, 1.54) is 12.8 Å². The third-order valence-corrected chi connectivity index (χ3v) is 7.48. The van der Waals surface area contributed by atoms with Crippen LogP contribution in [-0.2, 0) is 11.0 Å². The molecular weight excluding hydrogens is 488 g/mol. The molecule has 11 heteroatoms. The van der Waals surface area contributed by atoms with E-state index in [4.69, 9.17) is 0 Å². The first-order chi connectivity index (χ1) is 17.9. The quantitative estimate of drug-likeness (QED) is 0.344. The Hall–Kier alpha value is -3.57. The number of nitrogens with zero attached hydrogens (tertiary/aromatic N) is 5. The number of carbonyl (C=O) groups is 1. The maximum atomic E-state index is 13.4. The highest BCUT2D eigenvalue weighted by molar-refractivity contribution is 7.85. The number of aromatic nitrogens is 4. The van der Waals surface area contributed by atoms with Crippen LogP contribution in [0.1, 0.15) is 41.7 Å². The van der Waals surface area contributed by atoms with Crippen molar-refractivity contribution in [3.63, 3.8) is 0 Å². The number of carbonyl (C=O) groups excluding carboxylic acids is 1. The van der Waals surface area contributed by atoms with Crippen molar-refractivity contribution in [2.24, 2.45) is 0 Å². The van der Waals surface area contributed by atoms with E-state index in [1.54, 1.807) is 24.7 Å². The maximum Gasteiger partial charge on any atom is 0.257 e. The fourth-order valence-corrected chi connectivity index (χ4v) is 5.58. The topological polar surface area (TPSA) is 117 Å². The molecule has 192 valence electrons. The van der Waals surface area contributed by atoms with E-state index >= 15 is 0 Å². The summed E-state index contributed by atoms with van der Waals surface area (Å²) >= 11 is 0. The SMILES string of the molecule is Cc1cn2cc(NC(=O)c3ccc(N4CCC(NC5CC5)CC4)c4ccnnc34)cc(NS(C)=O)c2n1. The first kappa shape index (κ1) is 23.8. The molecule has 0 spiro atoms.